The molecule has 2 aromatic heterocycles. The molecule has 3 heterocycles. The molecule has 1 aliphatic heterocycles. The summed E-state index contributed by atoms with van der Waals surface area (Å²) in [7, 11) is 3.23. The molecule has 9 nitrogen and oxygen atoms in total. The van der Waals surface area contributed by atoms with Gasteiger partial charge in [-0.1, -0.05) is 13.0 Å². The number of imidazole rings is 1. The highest BCUT2D eigenvalue weighted by Crippen LogP contribution is 2.28. The van der Waals surface area contributed by atoms with Gasteiger partial charge in [-0.25, -0.2) is 9.97 Å². The van der Waals surface area contributed by atoms with Gasteiger partial charge in [-0.2, -0.15) is 4.98 Å². The van der Waals surface area contributed by atoms with E-state index in [2.05, 4.69) is 27.1 Å². The molecular formula is C24H30N6O3. The summed E-state index contributed by atoms with van der Waals surface area (Å²) in [5.74, 6) is 2.75. The van der Waals surface area contributed by atoms with Crippen molar-refractivity contribution < 1.29 is 14.3 Å². The number of aromatic nitrogens is 4. The molecule has 1 unspecified atom stereocenters. The maximum atomic E-state index is 13.1. The zero-order valence-electron chi connectivity index (χ0n) is 19.3. The van der Waals surface area contributed by atoms with Crippen LogP contribution in [0.5, 0.6) is 11.5 Å². The standard InChI is InChI=1S/C24H30N6O3/c1-4-18-15-22(28-24(27-18)29-13-11-25-16-29)30-12-5-6-19(30)23(31)26-10-9-17-7-8-20(32-2)21(14-17)33-3/h7-8,11,13-16,19H,4-6,9-10,12H2,1-3H3,(H,26,31). The number of amides is 1. The molecule has 0 radical (unpaired) electrons. The molecule has 1 fully saturated rings. The summed E-state index contributed by atoms with van der Waals surface area (Å²) >= 11 is 0. The molecule has 1 N–H and O–H groups in total. The molecule has 1 atom stereocenters. The van der Waals surface area contributed by atoms with Crippen LogP contribution < -0.4 is 19.7 Å². The van der Waals surface area contributed by atoms with Crippen molar-refractivity contribution in [3.05, 3.63) is 54.2 Å². The summed E-state index contributed by atoms with van der Waals surface area (Å²) in [5, 5.41) is 3.10. The second kappa shape index (κ2) is 10.3. The minimum absolute atomic E-state index is 0.0221. The van der Waals surface area contributed by atoms with Crippen LogP contribution in [0.25, 0.3) is 5.95 Å². The van der Waals surface area contributed by atoms with Crippen LogP contribution in [0.4, 0.5) is 5.82 Å². The normalized spacial score (nSPS) is 15.5. The molecule has 1 amide bonds. The fraction of sp³-hybridized carbons (Fsp3) is 0.417. The van der Waals surface area contributed by atoms with E-state index in [0.717, 1.165) is 42.9 Å². The van der Waals surface area contributed by atoms with E-state index in [1.807, 2.05) is 30.5 Å². The first-order valence-corrected chi connectivity index (χ1v) is 11.2. The summed E-state index contributed by atoms with van der Waals surface area (Å²) in [6.07, 6.45) is 8.44. The zero-order valence-corrected chi connectivity index (χ0v) is 19.3. The Labute approximate surface area is 193 Å². The average molecular weight is 451 g/mol. The van der Waals surface area contributed by atoms with Crippen molar-refractivity contribution in [3.63, 3.8) is 0 Å². The van der Waals surface area contributed by atoms with E-state index < -0.39 is 0 Å². The number of nitrogens with one attached hydrogen (secondary N) is 1. The minimum Gasteiger partial charge on any atom is -0.493 e. The quantitative estimate of drug-likeness (QED) is 0.535. The summed E-state index contributed by atoms with van der Waals surface area (Å²) in [6, 6.07) is 7.55. The minimum atomic E-state index is -0.245. The topological polar surface area (TPSA) is 94.4 Å². The molecule has 1 aromatic carbocycles. The van der Waals surface area contributed by atoms with E-state index in [0.29, 0.717) is 30.4 Å². The highest BCUT2D eigenvalue weighted by atomic mass is 16.5. The first kappa shape index (κ1) is 22.6. The number of hydrogen-bond acceptors (Lipinski definition) is 7. The van der Waals surface area contributed by atoms with E-state index >= 15 is 0 Å². The van der Waals surface area contributed by atoms with Crippen LogP contribution in [0.2, 0.25) is 0 Å². The molecule has 1 aliphatic rings. The first-order valence-electron chi connectivity index (χ1n) is 11.2. The monoisotopic (exact) mass is 450 g/mol. The van der Waals surface area contributed by atoms with Crippen LogP contribution in [0.15, 0.2) is 43.0 Å². The Bertz CT molecular complexity index is 1090. The highest BCUT2D eigenvalue weighted by molar-refractivity contribution is 5.85. The predicted molar refractivity (Wildman–Crippen MR) is 125 cm³/mol. The Kier molecular flexibility index (Phi) is 7.07. The van der Waals surface area contributed by atoms with Gasteiger partial charge in [0.1, 0.15) is 18.2 Å². The molecule has 0 aliphatic carbocycles. The Balaban J connectivity index is 1.43. The lowest BCUT2D eigenvalue weighted by atomic mass is 10.1. The molecule has 1 saturated heterocycles. The van der Waals surface area contributed by atoms with E-state index in [4.69, 9.17) is 14.5 Å². The van der Waals surface area contributed by atoms with Crippen LogP contribution in [0, 0.1) is 0 Å². The van der Waals surface area contributed by atoms with Crippen LogP contribution in [0.1, 0.15) is 31.0 Å². The molecule has 3 aromatic rings. The number of nitrogens with zero attached hydrogens (tertiary/aromatic N) is 5. The lowest BCUT2D eigenvalue weighted by Crippen LogP contribution is -2.44. The Morgan fingerprint density at radius 1 is 1.18 bits per heavy atom. The van der Waals surface area contributed by atoms with Crippen LogP contribution in [0.3, 0.4) is 0 Å². The highest BCUT2D eigenvalue weighted by Gasteiger charge is 2.32. The third-order valence-electron chi connectivity index (χ3n) is 5.86. The molecule has 0 saturated carbocycles. The fourth-order valence-corrected chi connectivity index (χ4v) is 4.09. The number of anilines is 1. The summed E-state index contributed by atoms with van der Waals surface area (Å²) in [6.45, 7) is 3.40. The summed E-state index contributed by atoms with van der Waals surface area (Å²) < 4.78 is 12.4. The van der Waals surface area contributed by atoms with Crippen molar-refractivity contribution in [1.29, 1.82) is 0 Å². The lowest BCUT2D eigenvalue weighted by molar-refractivity contribution is -0.122. The largest absolute Gasteiger partial charge is 0.493 e. The third-order valence-corrected chi connectivity index (χ3v) is 5.86. The number of carbonyl (C=O) groups is 1. The van der Waals surface area contributed by atoms with Crippen LogP contribution >= 0.6 is 0 Å². The van der Waals surface area contributed by atoms with Gasteiger partial charge in [0, 0.05) is 37.2 Å². The van der Waals surface area contributed by atoms with Gasteiger partial charge >= 0.3 is 0 Å². The smallest absolute Gasteiger partial charge is 0.242 e. The number of carbonyl (C=O) groups excluding carboxylic acids is 1. The summed E-state index contributed by atoms with van der Waals surface area (Å²) in [5.41, 5.74) is 2.01. The second-order valence-electron chi connectivity index (χ2n) is 7.92. The number of ether oxygens (including phenoxy) is 2. The van der Waals surface area contributed by atoms with Crippen molar-refractivity contribution in [1.82, 2.24) is 24.8 Å². The molecule has 4 rings (SSSR count). The molecule has 174 valence electrons. The van der Waals surface area contributed by atoms with Crippen molar-refractivity contribution in [2.75, 3.05) is 32.2 Å². The Morgan fingerprint density at radius 3 is 2.76 bits per heavy atom. The molecular weight excluding hydrogens is 420 g/mol. The Morgan fingerprint density at radius 2 is 2.03 bits per heavy atom. The predicted octanol–water partition coefficient (Wildman–Crippen LogP) is 2.57. The van der Waals surface area contributed by atoms with Gasteiger partial charge in [0.25, 0.3) is 0 Å². The van der Waals surface area contributed by atoms with Gasteiger partial charge in [0.15, 0.2) is 11.5 Å². The number of hydrogen-bond donors (Lipinski definition) is 1. The van der Waals surface area contributed by atoms with E-state index in [1.165, 1.54) is 0 Å². The molecule has 9 heteroatoms. The second-order valence-corrected chi connectivity index (χ2v) is 7.92. The van der Waals surface area contributed by atoms with Crippen molar-refractivity contribution in [2.24, 2.45) is 0 Å². The van der Waals surface area contributed by atoms with Gasteiger partial charge in [-0.15, -0.1) is 0 Å². The van der Waals surface area contributed by atoms with Gasteiger partial charge in [-0.3, -0.25) is 9.36 Å². The molecule has 0 bridgehead atoms. The van der Waals surface area contributed by atoms with Gasteiger partial charge < -0.3 is 19.7 Å². The van der Waals surface area contributed by atoms with E-state index in [-0.39, 0.29) is 11.9 Å². The van der Waals surface area contributed by atoms with Crippen LogP contribution in [-0.4, -0.2) is 58.8 Å². The number of methoxy groups -OCH3 is 2. The zero-order chi connectivity index (χ0) is 23.2. The van der Waals surface area contributed by atoms with Gasteiger partial charge in [0.2, 0.25) is 11.9 Å². The number of aryl methyl sites for hydroxylation is 1. The molecule has 0 spiro atoms. The van der Waals surface area contributed by atoms with Gasteiger partial charge in [-0.05, 0) is 43.4 Å². The number of rotatable bonds is 9. The van der Waals surface area contributed by atoms with Crippen molar-refractivity contribution >= 4 is 11.7 Å². The average Bonchev–Trinajstić information content (AvgIpc) is 3.56. The SMILES string of the molecule is CCc1cc(N2CCCC2C(=O)NCCc2ccc(OC)c(OC)c2)nc(-n2ccnc2)n1. The fourth-order valence-electron chi connectivity index (χ4n) is 4.09. The Hall–Kier alpha value is -3.62. The maximum Gasteiger partial charge on any atom is 0.242 e. The lowest BCUT2D eigenvalue weighted by Gasteiger charge is -2.25. The number of benzene rings is 1. The van der Waals surface area contributed by atoms with E-state index in [9.17, 15) is 4.79 Å². The van der Waals surface area contributed by atoms with Gasteiger partial charge in [0.05, 0.1) is 14.2 Å². The third kappa shape index (κ3) is 5.08. The summed E-state index contributed by atoms with van der Waals surface area (Å²) in [4.78, 5) is 28.6. The maximum absolute atomic E-state index is 13.1. The van der Waals surface area contributed by atoms with Crippen LogP contribution in [-0.2, 0) is 17.6 Å². The van der Waals surface area contributed by atoms with Crippen molar-refractivity contribution in [3.8, 4) is 17.4 Å². The molecule has 33 heavy (non-hydrogen) atoms. The van der Waals surface area contributed by atoms with E-state index in [1.54, 1.807) is 31.3 Å². The first-order chi connectivity index (χ1) is 16.1. The van der Waals surface area contributed by atoms with Crippen molar-refractivity contribution in [2.45, 2.75) is 38.6 Å².